The molecule has 0 aliphatic rings. The summed E-state index contributed by atoms with van der Waals surface area (Å²) in [6, 6.07) is 3.70. The summed E-state index contributed by atoms with van der Waals surface area (Å²) in [6.07, 6.45) is -4.25. The van der Waals surface area contributed by atoms with Gasteiger partial charge >= 0.3 is 6.18 Å². The van der Waals surface area contributed by atoms with Gasteiger partial charge in [-0.1, -0.05) is 6.92 Å². The summed E-state index contributed by atoms with van der Waals surface area (Å²) in [5, 5.41) is 3.15. The predicted molar refractivity (Wildman–Crippen MR) is 57.4 cm³/mol. The first-order valence-electron chi connectivity index (χ1n) is 4.94. The summed E-state index contributed by atoms with van der Waals surface area (Å²) in [5.74, 6) is 0. The summed E-state index contributed by atoms with van der Waals surface area (Å²) in [5.41, 5.74) is 0. The van der Waals surface area contributed by atoms with Gasteiger partial charge in [0.25, 0.3) is 0 Å². The summed E-state index contributed by atoms with van der Waals surface area (Å²) in [7, 11) is 0. The molecule has 1 heterocycles. The third-order valence-corrected chi connectivity index (χ3v) is 2.84. The average molecular weight is 253 g/mol. The van der Waals surface area contributed by atoms with Crippen LogP contribution < -0.4 is 5.32 Å². The van der Waals surface area contributed by atoms with E-state index in [-0.39, 0.29) is 6.61 Å². The van der Waals surface area contributed by atoms with Crippen LogP contribution in [0.2, 0.25) is 0 Å². The van der Waals surface area contributed by atoms with Crippen LogP contribution in [0.25, 0.3) is 0 Å². The molecule has 0 atom stereocenters. The highest BCUT2D eigenvalue weighted by atomic mass is 32.1. The van der Waals surface area contributed by atoms with Crippen molar-refractivity contribution < 1.29 is 17.9 Å². The molecule has 1 aromatic heterocycles. The second-order valence-electron chi connectivity index (χ2n) is 3.26. The Morgan fingerprint density at radius 2 is 2.00 bits per heavy atom. The summed E-state index contributed by atoms with van der Waals surface area (Å²) in [4.78, 5) is 1.92. The van der Waals surface area contributed by atoms with Crippen LogP contribution in [0.15, 0.2) is 12.1 Å². The molecule has 0 fully saturated rings. The number of hydrogen-bond donors (Lipinski definition) is 1. The maximum absolute atomic E-state index is 11.8. The number of hydrogen-bond acceptors (Lipinski definition) is 3. The second kappa shape index (κ2) is 6.22. The van der Waals surface area contributed by atoms with Crippen molar-refractivity contribution in [1.82, 2.24) is 5.32 Å². The van der Waals surface area contributed by atoms with Crippen LogP contribution in [0.5, 0.6) is 0 Å². The Hall–Kier alpha value is -0.590. The molecular formula is C10H14F3NOS. The van der Waals surface area contributed by atoms with E-state index in [0.29, 0.717) is 0 Å². The molecule has 0 aromatic carbocycles. The summed E-state index contributed by atoms with van der Waals surface area (Å²) >= 11 is 1.47. The number of halogens is 3. The fourth-order valence-electron chi connectivity index (χ4n) is 1.11. The SMILES string of the molecule is CCNCc1ccc(COCC(F)(F)F)s1. The van der Waals surface area contributed by atoms with Crippen molar-refractivity contribution in [2.45, 2.75) is 26.3 Å². The van der Waals surface area contributed by atoms with E-state index in [1.54, 1.807) is 6.07 Å². The van der Waals surface area contributed by atoms with Crippen LogP contribution in [0.4, 0.5) is 13.2 Å². The fourth-order valence-corrected chi connectivity index (χ4v) is 2.04. The third kappa shape index (κ3) is 5.48. The van der Waals surface area contributed by atoms with Gasteiger partial charge in [-0.2, -0.15) is 13.2 Å². The van der Waals surface area contributed by atoms with Gasteiger partial charge in [0.1, 0.15) is 6.61 Å². The van der Waals surface area contributed by atoms with Crippen molar-refractivity contribution in [3.8, 4) is 0 Å². The lowest BCUT2D eigenvalue weighted by atomic mass is 10.4. The molecule has 2 nitrogen and oxygen atoms in total. The number of nitrogens with one attached hydrogen (secondary N) is 1. The van der Waals surface area contributed by atoms with Gasteiger partial charge in [0.05, 0.1) is 6.61 Å². The molecule has 0 spiro atoms. The van der Waals surface area contributed by atoms with Crippen LogP contribution in [-0.2, 0) is 17.9 Å². The van der Waals surface area contributed by atoms with Crippen LogP contribution >= 0.6 is 11.3 Å². The molecule has 0 saturated heterocycles. The first-order valence-corrected chi connectivity index (χ1v) is 5.75. The van der Waals surface area contributed by atoms with Crippen molar-refractivity contribution in [2.75, 3.05) is 13.2 Å². The number of rotatable bonds is 6. The van der Waals surface area contributed by atoms with Gasteiger partial charge < -0.3 is 10.1 Å². The minimum atomic E-state index is -4.25. The van der Waals surface area contributed by atoms with Gasteiger partial charge in [0, 0.05) is 16.3 Å². The average Bonchev–Trinajstić information content (AvgIpc) is 2.61. The Morgan fingerprint density at radius 1 is 1.31 bits per heavy atom. The van der Waals surface area contributed by atoms with Gasteiger partial charge in [0.2, 0.25) is 0 Å². The number of alkyl halides is 3. The molecule has 1 N–H and O–H groups in total. The standard InChI is InChI=1S/C10H14F3NOS/c1-2-14-5-8-3-4-9(16-8)6-15-7-10(11,12)13/h3-4,14H,2,5-7H2,1H3. The van der Waals surface area contributed by atoms with E-state index in [4.69, 9.17) is 0 Å². The molecule has 0 unspecified atom stereocenters. The lowest BCUT2D eigenvalue weighted by Crippen LogP contribution is -2.16. The molecule has 1 rings (SSSR count). The zero-order valence-electron chi connectivity index (χ0n) is 8.93. The molecule has 0 aliphatic carbocycles. The minimum Gasteiger partial charge on any atom is -0.367 e. The number of thiophene rings is 1. The smallest absolute Gasteiger partial charge is 0.367 e. The minimum absolute atomic E-state index is 0.0241. The molecule has 1 aromatic rings. The van der Waals surface area contributed by atoms with E-state index in [1.807, 2.05) is 13.0 Å². The van der Waals surface area contributed by atoms with E-state index in [2.05, 4.69) is 10.1 Å². The summed E-state index contributed by atoms with van der Waals surface area (Å²) < 4.78 is 40.0. The second-order valence-corrected chi connectivity index (χ2v) is 4.51. The number of ether oxygens (including phenoxy) is 1. The molecule has 0 aliphatic heterocycles. The van der Waals surface area contributed by atoms with Crippen LogP contribution in [0, 0.1) is 0 Å². The van der Waals surface area contributed by atoms with E-state index in [0.717, 1.165) is 22.8 Å². The molecule has 16 heavy (non-hydrogen) atoms. The van der Waals surface area contributed by atoms with Gasteiger partial charge in [-0.05, 0) is 18.7 Å². The van der Waals surface area contributed by atoms with Crippen molar-refractivity contribution in [3.05, 3.63) is 21.9 Å². The maximum atomic E-state index is 11.8. The molecular weight excluding hydrogens is 239 g/mol. The molecule has 0 bridgehead atoms. The largest absolute Gasteiger partial charge is 0.411 e. The normalized spacial score (nSPS) is 12.0. The zero-order valence-corrected chi connectivity index (χ0v) is 9.75. The van der Waals surface area contributed by atoms with E-state index < -0.39 is 12.8 Å². The highest BCUT2D eigenvalue weighted by Crippen LogP contribution is 2.19. The van der Waals surface area contributed by atoms with Gasteiger partial charge in [0.15, 0.2) is 0 Å². The highest BCUT2D eigenvalue weighted by Gasteiger charge is 2.27. The molecule has 6 heteroatoms. The predicted octanol–water partition coefficient (Wildman–Crippen LogP) is 2.94. The van der Waals surface area contributed by atoms with Crippen LogP contribution in [0.3, 0.4) is 0 Å². The van der Waals surface area contributed by atoms with Crippen molar-refractivity contribution in [2.24, 2.45) is 0 Å². The van der Waals surface area contributed by atoms with Crippen molar-refractivity contribution in [1.29, 1.82) is 0 Å². The monoisotopic (exact) mass is 253 g/mol. The summed E-state index contributed by atoms with van der Waals surface area (Å²) in [6.45, 7) is 2.46. The van der Waals surface area contributed by atoms with Crippen LogP contribution in [0.1, 0.15) is 16.7 Å². The van der Waals surface area contributed by atoms with Gasteiger partial charge in [-0.25, -0.2) is 0 Å². The van der Waals surface area contributed by atoms with E-state index in [1.165, 1.54) is 11.3 Å². The Labute approximate surface area is 96.4 Å². The molecule has 92 valence electrons. The van der Waals surface area contributed by atoms with Crippen molar-refractivity contribution >= 4 is 11.3 Å². The third-order valence-electron chi connectivity index (χ3n) is 1.78. The molecule has 0 amide bonds. The Morgan fingerprint density at radius 3 is 2.62 bits per heavy atom. The van der Waals surface area contributed by atoms with Gasteiger partial charge in [-0.15, -0.1) is 11.3 Å². The van der Waals surface area contributed by atoms with E-state index in [9.17, 15) is 13.2 Å². The van der Waals surface area contributed by atoms with Crippen molar-refractivity contribution in [3.63, 3.8) is 0 Å². The Kier molecular flexibility index (Phi) is 5.24. The Balaban J connectivity index is 2.29. The highest BCUT2D eigenvalue weighted by molar-refractivity contribution is 7.11. The first kappa shape index (κ1) is 13.5. The molecule has 0 radical (unpaired) electrons. The maximum Gasteiger partial charge on any atom is 0.411 e. The van der Waals surface area contributed by atoms with Crippen LogP contribution in [-0.4, -0.2) is 19.3 Å². The lowest BCUT2D eigenvalue weighted by molar-refractivity contribution is -0.176. The van der Waals surface area contributed by atoms with E-state index >= 15 is 0 Å². The zero-order chi connectivity index (χ0) is 12.0. The Bertz CT molecular complexity index is 311. The topological polar surface area (TPSA) is 21.3 Å². The lowest BCUT2D eigenvalue weighted by Gasteiger charge is -2.05. The quantitative estimate of drug-likeness (QED) is 0.841. The van der Waals surface area contributed by atoms with Gasteiger partial charge in [-0.3, -0.25) is 0 Å². The molecule has 0 saturated carbocycles. The fraction of sp³-hybridized carbons (Fsp3) is 0.600. The first-order chi connectivity index (χ1) is 7.51.